The van der Waals surface area contributed by atoms with Gasteiger partial charge in [0.2, 0.25) is 0 Å². The number of phenols is 1. The van der Waals surface area contributed by atoms with Crippen molar-refractivity contribution in [1.29, 1.82) is 0 Å². The smallest absolute Gasteiger partial charge is 0.329 e. The van der Waals surface area contributed by atoms with Gasteiger partial charge < -0.3 is 10.4 Å². The molecule has 2 aromatic rings. The number of hydrogen-bond donors (Lipinski definition) is 3. The fraction of sp³-hybridized carbons (Fsp3) is 0. The lowest BCUT2D eigenvalue weighted by Gasteiger charge is -2.04. The number of nitrogens with one attached hydrogen (secondary N) is 2. The highest BCUT2D eigenvalue weighted by Crippen LogP contribution is 2.19. The Morgan fingerprint density at radius 1 is 1.00 bits per heavy atom. The normalized spacial score (nSPS) is 10.5. The topological polar surface area (TPSA) is 90.8 Å². The predicted octanol–water partition coefficient (Wildman–Crippen LogP) is 3.01. The Hall–Kier alpha value is -2.19. The largest absolute Gasteiger partial charge is 0.507 e. The number of nitrogens with zero attached hydrogens (tertiary/aromatic N) is 1. The van der Waals surface area contributed by atoms with E-state index in [1.807, 2.05) is 0 Å². The summed E-state index contributed by atoms with van der Waals surface area (Å²) in [6.45, 7) is 0. The summed E-state index contributed by atoms with van der Waals surface area (Å²) in [5.74, 6) is -1.76. The molecule has 2 rings (SSSR count). The summed E-state index contributed by atoms with van der Waals surface area (Å²) >= 11 is 6.53. The Balaban J connectivity index is 1.93. The molecular formula is C15H11Br2N3O3. The third-order valence-electron chi connectivity index (χ3n) is 2.67. The molecule has 0 fully saturated rings. The van der Waals surface area contributed by atoms with Gasteiger partial charge in [-0.05, 0) is 42.5 Å². The Labute approximate surface area is 148 Å². The van der Waals surface area contributed by atoms with Gasteiger partial charge in [0.15, 0.2) is 0 Å². The van der Waals surface area contributed by atoms with E-state index in [1.54, 1.807) is 36.4 Å². The lowest BCUT2D eigenvalue weighted by Crippen LogP contribution is -2.32. The molecular weight excluding hydrogens is 430 g/mol. The molecule has 0 aliphatic carbocycles. The molecule has 0 spiro atoms. The number of phenolic OH excluding ortho intramolecular Hbond substituents is 1. The Bertz CT molecular complexity index is 761. The number of benzene rings is 2. The second-order valence-corrected chi connectivity index (χ2v) is 6.19. The minimum atomic E-state index is -0.918. The first-order valence-electron chi connectivity index (χ1n) is 6.34. The number of hydrogen-bond acceptors (Lipinski definition) is 4. The molecule has 23 heavy (non-hydrogen) atoms. The summed E-state index contributed by atoms with van der Waals surface area (Å²) in [5.41, 5.74) is 2.98. The van der Waals surface area contributed by atoms with Crippen molar-refractivity contribution in [2.45, 2.75) is 0 Å². The van der Waals surface area contributed by atoms with E-state index in [4.69, 9.17) is 0 Å². The first-order chi connectivity index (χ1) is 11.0. The van der Waals surface area contributed by atoms with E-state index >= 15 is 0 Å². The van der Waals surface area contributed by atoms with Gasteiger partial charge in [0.25, 0.3) is 0 Å². The fourth-order valence-corrected chi connectivity index (χ4v) is 2.20. The van der Waals surface area contributed by atoms with Gasteiger partial charge >= 0.3 is 11.8 Å². The van der Waals surface area contributed by atoms with Gasteiger partial charge in [-0.15, -0.1) is 0 Å². The molecule has 2 aromatic carbocycles. The lowest BCUT2D eigenvalue weighted by atomic mass is 10.2. The van der Waals surface area contributed by atoms with Crippen molar-refractivity contribution in [3.8, 4) is 5.75 Å². The Morgan fingerprint density at radius 3 is 2.35 bits per heavy atom. The zero-order valence-corrected chi connectivity index (χ0v) is 14.8. The van der Waals surface area contributed by atoms with Crippen LogP contribution < -0.4 is 10.7 Å². The predicted molar refractivity (Wildman–Crippen MR) is 94.3 cm³/mol. The van der Waals surface area contributed by atoms with Gasteiger partial charge in [-0.2, -0.15) is 5.10 Å². The highest BCUT2D eigenvalue weighted by atomic mass is 79.9. The van der Waals surface area contributed by atoms with E-state index in [2.05, 4.69) is 47.7 Å². The summed E-state index contributed by atoms with van der Waals surface area (Å²) < 4.78 is 1.61. The van der Waals surface area contributed by atoms with Gasteiger partial charge in [-0.1, -0.05) is 31.9 Å². The van der Waals surface area contributed by atoms with Crippen molar-refractivity contribution >= 4 is 55.6 Å². The second kappa shape index (κ2) is 7.89. The standard InChI is InChI=1S/C15H11Br2N3O3/c16-10-1-4-12(5-2-10)19-14(22)15(23)20-18-8-9-7-11(17)3-6-13(9)21/h1-8,21H,(H,19,22)(H,20,23)/b18-8+. The van der Waals surface area contributed by atoms with Crippen molar-refractivity contribution in [2.75, 3.05) is 5.32 Å². The molecule has 2 amide bonds. The molecule has 0 saturated carbocycles. The van der Waals surface area contributed by atoms with Crippen LogP contribution in [0.3, 0.4) is 0 Å². The number of rotatable bonds is 3. The number of aromatic hydroxyl groups is 1. The van der Waals surface area contributed by atoms with Crippen molar-refractivity contribution in [2.24, 2.45) is 5.10 Å². The monoisotopic (exact) mass is 439 g/mol. The number of halogens is 2. The third-order valence-corrected chi connectivity index (χ3v) is 3.69. The molecule has 0 radical (unpaired) electrons. The van der Waals surface area contributed by atoms with E-state index in [0.29, 0.717) is 11.3 Å². The molecule has 0 aliphatic heterocycles. The van der Waals surface area contributed by atoms with Gasteiger partial charge in [0.1, 0.15) is 5.75 Å². The maximum absolute atomic E-state index is 11.7. The van der Waals surface area contributed by atoms with Crippen LogP contribution in [0, 0.1) is 0 Å². The van der Waals surface area contributed by atoms with Crippen LogP contribution in [0.1, 0.15) is 5.56 Å². The molecule has 0 bridgehead atoms. The molecule has 3 N–H and O–H groups in total. The Kier molecular flexibility index (Phi) is 5.89. The van der Waals surface area contributed by atoms with Crippen LogP contribution in [0.5, 0.6) is 5.75 Å². The second-order valence-electron chi connectivity index (χ2n) is 4.36. The molecule has 0 aromatic heterocycles. The number of hydrazone groups is 1. The van der Waals surface area contributed by atoms with Crippen LogP contribution in [0.25, 0.3) is 0 Å². The Morgan fingerprint density at radius 2 is 1.65 bits per heavy atom. The first kappa shape index (κ1) is 17.2. The third kappa shape index (κ3) is 5.19. The summed E-state index contributed by atoms with van der Waals surface area (Å²) in [6.07, 6.45) is 1.24. The van der Waals surface area contributed by atoms with Crippen LogP contribution in [0.15, 0.2) is 56.5 Å². The SMILES string of the molecule is O=C(N/N=C/c1cc(Br)ccc1O)C(=O)Nc1ccc(Br)cc1. The van der Waals surface area contributed by atoms with Gasteiger partial charge in [-0.3, -0.25) is 9.59 Å². The zero-order valence-electron chi connectivity index (χ0n) is 11.6. The molecule has 118 valence electrons. The first-order valence-corrected chi connectivity index (χ1v) is 7.93. The molecule has 0 saturated heterocycles. The minimum Gasteiger partial charge on any atom is -0.507 e. The summed E-state index contributed by atoms with van der Waals surface area (Å²) in [5, 5.41) is 15.7. The van der Waals surface area contributed by atoms with Crippen molar-refractivity contribution < 1.29 is 14.7 Å². The van der Waals surface area contributed by atoms with E-state index in [1.165, 1.54) is 12.3 Å². The average molecular weight is 441 g/mol. The van der Waals surface area contributed by atoms with E-state index in [0.717, 1.165) is 8.95 Å². The molecule has 0 heterocycles. The zero-order chi connectivity index (χ0) is 16.8. The van der Waals surface area contributed by atoms with Crippen LogP contribution in [-0.2, 0) is 9.59 Å². The maximum Gasteiger partial charge on any atom is 0.329 e. The molecule has 8 heteroatoms. The average Bonchev–Trinajstić information content (AvgIpc) is 2.52. The molecule has 0 unspecified atom stereocenters. The summed E-state index contributed by atoms with van der Waals surface area (Å²) in [4.78, 5) is 23.3. The van der Waals surface area contributed by atoms with Crippen LogP contribution >= 0.6 is 31.9 Å². The highest BCUT2D eigenvalue weighted by molar-refractivity contribution is 9.10. The van der Waals surface area contributed by atoms with E-state index in [-0.39, 0.29) is 5.75 Å². The van der Waals surface area contributed by atoms with Gasteiger partial charge in [-0.25, -0.2) is 5.43 Å². The van der Waals surface area contributed by atoms with E-state index in [9.17, 15) is 14.7 Å². The quantitative estimate of drug-likeness (QED) is 0.389. The van der Waals surface area contributed by atoms with Crippen molar-refractivity contribution in [1.82, 2.24) is 5.43 Å². The van der Waals surface area contributed by atoms with Gasteiger partial charge in [0, 0.05) is 20.2 Å². The number of carbonyl (C=O) groups excluding carboxylic acids is 2. The van der Waals surface area contributed by atoms with Crippen LogP contribution in [0.2, 0.25) is 0 Å². The van der Waals surface area contributed by atoms with Crippen LogP contribution in [0.4, 0.5) is 5.69 Å². The summed E-state index contributed by atoms with van der Waals surface area (Å²) in [7, 11) is 0. The van der Waals surface area contributed by atoms with Crippen LogP contribution in [-0.4, -0.2) is 23.1 Å². The highest BCUT2D eigenvalue weighted by Gasteiger charge is 2.12. The minimum absolute atomic E-state index is 0.00510. The maximum atomic E-state index is 11.7. The van der Waals surface area contributed by atoms with Crippen molar-refractivity contribution in [3.63, 3.8) is 0 Å². The number of carbonyl (C=O) groups is 2. The van der Waals surface area contributed by atoms with E-state index < -0.39 is 11.8 Å². The van der Waals surface area contributed by atoms with Crippen molar-refractivity contribution in [3.05, 3.63) is 57.0 Å². The van der Waals surface area contributed by atoms with Gasteiger partial charge in [0.05, 0.1) is 6.21 Å². The lowest BCUT2D eigenvalue weighted by molar-refractivity contribution is -0.136. The molecule has 0 atom stereocenters. The molecule has 0 aliphatic rings. The number of amides is 2. The molecule has 6 nitrogen and oxygen atoms in total. The summed E-state index contributed by atoms with van der Waals surface area (Å²) in [6, 6.07) is 11.5. The number of anilines is 1. The fourth-order valence-electron chi connectivity index (χ4n) is 1.56.